The van der Waals surface area contributed by atoms with Gasteiger partial charge >= 0.3 is 6.18 Å². The molecule has 2 nitrogen and oxygen atoms in total. The van der Waals surface area contributed by atoms with E-state index >= 15 is 0 Å². The maximum atomic E-state index is 13.0. The molecule has 0 aliphatic heterocycles. The van der Waals surface area contributed by atoms with Gasteiger partial charge in [-0.1, -0.05) is 11.6 Å². The molecule has 2 aromatic heterocycles. The largest absolute Gasteiger partial charge is 0.417 e. The van der Waals surface area contributed by atoms with Crippen molar-refractivity contribution in [3.63, 3.8) is 0 Å². The van der Waals surface area contributed by atoms with Crippen LogP contribution in [0.15, 0.2) is 30.5 Å². The average Bonchev–Trinajstić information content (AvgIpc) is 2.27. The number of halogens is 5. The highest BCUT2D eigenvalue weighted by atomic mass is 35.5. The summed E-state index contributed by atoms with van der Waals surface area (Å²) in [7, 11) is 0. The number of aromatic nitrogens is 2. The zero-order valence-electron chi connectivity index (χ0n) is 8.67. The molecule has 2 rings (SSSR count). The Balaban J connectivity index is 2.40. The van der Waals surface area contributed by atoms with E-state index in [1.165, 1.54) is 6.07 Å². The molecule has 0 aliphatic carbocycles. The molecule has 0 unspecified atom stereocenters. The number of rotatable bonds is 1. The molecule has 18 heavy (non-hydrogen) atoms. The van der Waals surface area contributed by atoms with Gasteiger partial charge in [-0.25, -0.2) is 4.98 Å². The summed E-state index contributed by atoms with van der Waals surface area (Å²) >= 11 is 5.54. The first-order chi connectivity index (χ1) is 8.36. The second-order valence-electron chi connectivity index (χ2n) is 3.43. The molecule has 0 bridgehead atoms. The molecule has 0 fully saturated rings. The Labute approximate surface area is 104 Å². The maximum absolute atomic E-state index is 13.0. The Bertz CT molecular complexity index is 546. The van der Waals surface area contributed by atoms with Gasteiger partial charge in [0.1, 0.15) is 5.15 Å². The van der Waals surface area contributed by atoms with Gasteiger partial charge in [0.15, 0.2) is 0 Å². The Hall–Kier alpha value is -1.69. The van der Waals surface area contributed by atoms with Gasteiger partial charge in [-0.05, 0) is 18.2 Å². The summed E-state index contributed by atoms with van der Waals surface area (Å²) in [6.45, 7) is 0. The Morgan fingerprint density at radius 3 is 2.33 bits per heavy atom. The second-order valence-corrected chi connectivity index (χ2v) is 3.82. The van der Waals surface area contributed by atoms with E-state index < -0.39 is 17.7 Å². The molecule has 0 amide bonds. The SMILES string of the molecule is Fc1cc(-c2ccc(C(F)(F)F)cn2)cc(Cl)n1. The van der Waals surface area contributed by atoms with E-state index in [1.54, 1.807) is 0 Å². The molecule has 0 atom stereocenters. The molecule has 0 N–H and O–H groups in total. The number of pyridine rings is 2. The maximum Gasteiger partial charge on any atom is 0.417 e. The van der Waals surface area contributed by atoms with Crippen molar-refractivity contribution in [2.24, 2.45) is 0 Å². The van der Waals surface area contributed by atoms with Crippen LogP contribution in [0.4, 0.5) is 17.6 Å². The van der Waals surface area contributed by atoms with Crippen LogP contribution in [0.5, 0.6) is 0 Å². The van der Waals surface area contributed by atoms with Crippen LogP contribution in [-0.4, -0.2) is 9.97 Å². The Morgan fingerprint density at radius 1 is 1.11 bits per heavy atom. The first kappa shape index (κ1) is 12.8. The average molecular weight is 277 g/mol. The number of hydrogen-bond acceptors (Lipinski definition) is 2. The van der Waals surface area contributed by atoms with E-state index in [4.69, 9.17) is 11.6 Å². The molecular formula is C11H5ClF4N2. The summed E-state index contributed by atoms with van der Waals surface area (Å²) in [5.41, 5.74) is -0.417. The molecule has 0 radical (unpaired) electrons. The van der Waals surface area contributed by atoms with Crippen LogP contribution in [0, 0.1) is 5.95 Å². The first-order valence-electron chi connectivity index (χ1n) is 4.73. The fourth-order valence-corrected chi connectivity index (χ4v) is 1.54. The summed E-state index contributed by atoms with van der Waals surface area (Å²) in [4.78, 5) is 6.93. The molecular weight excluding hydrogens is 272 g/mol. The summed E-state index contributed by atoms with van der Waals surface area (Å²) in [6.07, 6.45) is -3.77. The molecule has 0 aliphatic rings. The van der Waals surface area contributed by atoms with Crippen LogP contribution in [0.2, 0.25) is 5.15 Å². The highest BCUT2D eigenvalue weighted by molar-refractivity contribution is 6.29. The molecule has 0 aromatic carbocycles. The molecule has 0 saturated heterocycles. The lowest BCUT2D eigenvalue weighted by Gasteiger charge is -2.07. The highest BCUT2D eigenvalue weighted by Crippen LogP contribution is 2.30. The predicted octanol–water partition coefficient (Wildman–Crippen LogP) is 3.95. The van der Waals surface area contributed by atoms with Crippen LogP contribution in [0.25, 0.3) is 11.3 Å². The minimum Gasteiger partial charge on any atom is -0.256 e. The van der Waals surface area contributed by atoms with Crippen molar-refractivity contribution in [3.8, 4) is 11.3 Å². The summed E-state index contributed by atoms with van der Waals surface area (Å²) in [5, 5.41) is -0.0910. The lowest BCUT2D eigenvalue weighted by molar-refractivity contribution is -0.137. The Morgan fingerprint density at radius 2 is 1.83 bits per heavy atom. The van der Waals surface area contributed by atoms with Crippen LogP contribution in [-0.2, 0) is 6.18 Å². The third kappa shape index (κ3) is 2.76. The minimum absolute atomic E-state index is 0.0910. The van der Waals surface area contributed by atoms with E-state index in [1.807, 2.05) is 0 Å². The van der Waals surface area contributed by atoms with Crippen molar-refractivity contribution in [1.29, 1.82) is 0 Å². The molecule has 0 saturated carbocycles. The summed E-state index contributed by atoms with van der Waals surface area (Å²) in [5.74, 6) is -0.820. The number of nitrogens with zero attached hydrogens (tertiary/aromatic N) is 2. The number of alkyl halides is 3. The van der Waals surface area contributed by atoms with Gasteiger partial charge < -0.3 is 0 Å². The molecule has 94 valence electrons. The van der Waals surface area contributed by atoms with Gasteiger partial charge in [0, 0.05) is 17.8 Å². The topological polar surface area (TPSA) is 25.8 Å². The van der Waals surface area contributed by atoms with E-state index in [0.29, 0.717) is 6.20 Å². The van der Waals surface area contributed by atoms with Gasteiger partial charge in [-0.15, -0.1) is 0 Å². The fraction of sp³-hybridized carbons (Fsp3) is 0.0909. The predicted molar refractivity (Wildman–Crippen MR) is 57.4 cm³/mol. The monoisotopic (exact) mass is 276 g/mol. The van der Waals surface area contributed by atoms with E-state index in [2.05, 4.69) is 9.97 Å². The van der Waals surface area contributed by atoms with E-state index in [0.717, 1.165) is 18.2 Å². The first-order valence-corrected chi connectivity index (χ1v) is 5.11. The van der Waals surface area contributed by atoms with Gasteiger partial charge in [-0.2, -0.15) is 17.6 Å². The van der Waals surface area contributed by atoms with Gasteiger partial charge in [0.25, 0.3) is 0 Å². The molecule has 0 spiro atoms. The molecule has 2 heterocycles. The van der Waals surface area contributed by atoms with Gasteiger partial charge in [-0.3, -0.25) is 4.98 Å². The van der Waals surface area contributed by atoms with Crippen LogP contribution >= 0.6 is 11.6 Å². The summed E-state index contributed by atoms with van der Waals surface area (Å²) < 4.78 is 49.9. The van der Waals surface area contributed by atoms with Crippen molar-refractivity contribution in [2.45, 2.75) is 6.18 Å². The zero-order valence-corrected chi connectivity index (χ0v) is 9.43. The molecule has 7 heteroatoms. The third-order valence-electron chi connectivity index (χ3n) is 2.15. The van der Waals surface area contributed by atoms with Crippen molar-refractivity contribution in [1.82, 2.24) is 9.97 Å². The smallest absolute Gasteiger partial charge is 0.256 e. The van der Waals surface area contributed by atoms with Crippen LogP contribution in [0.1, 0.15) is 5.56 Å². The second kappa shape index (κ2) is 4.53. The van der Waals surface area contributed by atoms with Crippen molar-refractivity contribution in [3.05, 3.63) is 47.1 Å². The van der Waals surface area contributed by atoms with E-state index in [-0.39, 0.29) is 16.4 Å². The van der Waals surface area contributed by atoms with Crippen molar-refractivity contribution < 1.29 is 17.6 Å². The lowest BCUT2D eigenvalue weighted by Crippen LogP contribution is -2.05. The number of hydrogen-bond donors (Lipinski definition) is 0. The molecule has 2 aromatic rings. The zero-order chi connectivity index (χ0) is 13.3. The minimum atomic E-state index is -4.45. The normalized spacial score (nSPS) is 11.6. The van der Waals surface area contributed by atoms with Crippen molar-refractivity contribution in [2.75, 3.05) is 0 Å². The van der Waals surface area contributed by atoms with Crippen molar-refractivity contribution >= 4 is 11.6 Å². The Kier molecular flexibility index (Phi) is 3.21. The van der Waals surface area contributed by atoms with Gasteiger partial charge in [0.2, 0.25) is 5.95 Å². The quantitative estimate of drug-likeness (QED) is 0.582. The fourth-order valence-electron chi connectivity index (χ4n) is 1.35. The van der Waals surface area contributed by atoms with Gasteiger partial charge in [0.05, 0.1) is 11.3 Å². The van der Waals surface area contributed by atoms with Crippen LogP contribution in [0.3, 0.4) is 0 Å². The van der Waals surface area contributed by atoms with Crippen LogP contribution < -0.4 is 0 Å². The standard InChI is InChI=1S/C11H5ClF4N2/c12-9-3-6(4-10(13)18-9)8-2-1-7(5-17-8)11(14,15)16/h1-5H. The highest BCUT2D eigenvalue weighted by Gasteiger charge is 2.30. The lowest BCUT2D eigenvalue weighted by atomic mass is 10.1. The third-order valence-corrected chi connectivity index (χ3v) is 2.34. The van der Waals surface area contributed by atoms with E-state index in [9.17, 15) is 17.6 Å². The summed E-state index contributed by atoms with van der Waals surface area (Å²) in [6, 6.07) is 4.38.